The van der Waals surface area contributed by atoms with Crippen molar-refractivity contribution in [1.82, 2.24) is 0 Å². The Bertz CT molecular complexity index is 69.4. The third-order valence-corrected chi connectivity index (χ3v) is 6.86. The molecule has 0 rings (SSSR count). The third kappa shape index (κ3) is 5.45. The van der Waals surface area contributed by atoms with Crippen molar-refractivity contribution in [3.63, 3.8) is 0 Å². The number of hydrogen-bond acceptors (Lipinski definition) is 2. The first kappa shape index (κ1) is 10.0. The molecular formula is C5H13ClO2Sn. The zero-order chi connectivity index (χ0) is 7.33. The molecule has 2 nitrogen and oxygen atoms in total. The second-order valence-electron chi connectivity index (χ2n) is 1.70. The minimum absolute atomic E-state index is 0.663. The molecule has 4 heteroatoms. The second-order valence-corrected chi connectivity index (χ2v) is 12.7. The molecule has 0 aliphatic heterocycles. The fraction of sp³-hybridized carbons (Fsp3) is 1.00. The Labute approximate surface area is 65.2 Å². The Kier molecular flexibility index (Phi) is 5.30. The van der Waals surface area contributed by atoms with Gasteiger partial charge >= 0.3 is 65.1 Å². The van der Waals surface area contributed by atoms with Crippen LogP contribution in [0.1, 0.15) is 13.8 Å². The van der Waals surface area contributed by atoms with E-state index < -0.39 is 18.1 Å². The van der Waals surface area contributed by atoms with Crippen molar-refractivity contribution in [3.05, 3.63) is 0 Å². The van der Waals surface area contributed by atoms with Gasteiger partial charge in [0.25, 0.3) is 0 Å². The predicted octanol–water partition coefficient (Wildman–Crippen LogP) is 1.87. The molecule has 0 saturated carbocycles. The summed E-state index contributed by atoms with van der Waals surface area (Å²) in [6.45, 7) is 5.18. The molecule has 0 radical (unpaired) electrons. The fourth-order valence-electron chi connectivity index (χ4n) is 0.557. The second kappa shape index (κ2) is 4.77. The molecule has 0 aliphatic carbocycles. The molecule has 0 fully saturated rings. The molecule has 0 bridgehead atoms. The van der Waals surface area contributed by atoms with Crippen LogP contribution in [0.4, 0.5) is 0 Å². The number of rotatable bonds is 4. The van der Waals surface area contributed by atoms with Gasteiger partial charge in [-0.05, 0) is 0 Å². The zero-order valence-electron chi connectivity index (χ0n) is 6.11. The van der Waals surface area contributed by atoms with E-state index in [-0.39, 0.29) is 0 Å². The standard InChI is InChI=1S/2C2H5O.CH3.ClH.Sn/c2*1-2-3;;;/h2*2H2,1H3;1H3;1H;/q2*-1;;;+3/p-1. The van der Waals surface area contributed by atoms with Crippen LogP contribution in [0.3, 0.4) is 0 Å². The van der Waals surface area contributed by atoms with Crippen molar-refractivity contribution in [2.24, 2.45) is 0 Å². The molecule has 0 aliphatic rings. The summed E-state index contributed by atoms with van der Waals surface area (Å²) in [7, 11) is 5.90. The van der Waals surface area contributed by atoms with Gasteiger partial charge in [0.1, 0.15) is 0 Å². The van der Waals surface area contributed by atoms with E-state index in [4.69, 9.17) is 15.1 Å². The minimum atomic E-state index is -2.90. The van der Waals surface area contributed by atoms with Crippen molar-refractivity contribution in [2.45, 2.75) is 18.8 Å². The van der Waals surface area contributed by atoms with Crippen LogP contribution >= 0.6 is 8.92 Å². The van der Waals surface area contributed by atoms with Gasteiger partial charge in [0.2, 0.25) is 0 Å². The number of halogens is 1. The van der Waals surface area contributed by atoms with Gasteiger partial charge in [0, 0.05) is 0 Å². The summed E-state index contributed by atoms with van der Waals surface area (Å²) in [4.78, 5) is 1.89. The Morgan fingerprint density at radius 3 is 1.78 bits per heavy atom. The quantitative estimate of drug-likeness (QED) is 0.718. The average Bonchev–Trinajstić information content (AvgIpc) is 1.64. The van der Waals surface area contributed by atoms with Gasteiger partial charge in [0.05, 0.1) is 0 Å². The molecule has 0 atom stereocenters. The topological polar surface area (TPSA) is 18.5 Å². The van der Waals surface area contributed by atoms with Crippen molar-refractivity contribution >= 4 is 27.0 Å². The molecule has 0 saturated heterocycles. The Morgan fingerprint density at radius 2 is 1.56 bits per heavy atom. The van der Waals surface area contributed by atoms with Crippen molar-refractivity contribution in [2.75, 3.05) is 13.2 Å². The molecule has 0 aromatic carbocycles. The van der Waals surface area contributed by atoms with Crippen molar-refractivity contribution in [3.8, 4) is 0 Å². The van der Waals surface area contributed by atoms with Gasteiger partial charge in [-0.2, -0.15) is 0 Å². The molecular weight excluding hydrogens is 246 g/mol. The predicted molar refractivity (Wildman–Crippen MR) is 40.7 cm³/mol. The average molecular weight is 259 g/mol. The first-order valence-electron chi connectivity index (χ1n) is 3.09. The fourth-order valence-corrected chi connectivity index (χ4v) is 5.20. The first-order chi connectivity index (χ1) is 4.12. The maximum atomic E-state index is 5.90. The Balaban J connectivity index is 3.43. The molecule has 0 heterocycles. The van der Waals surface area contributed by atoms with E-state index in [0.717, 1.165) is 0 Å². The maximum absolute atomic E-state index is 5.90. The molecule has 0 spiro atoms. The summed E-state index contributed by atoms with van der Waals surface area (Å²) in [6, 6.07) is 0. The van der Waals surface area contributed by atoms with Crippen LogP contribution in [-0.4, -0.2) is 31.3 Å². The van der Waals surface area contributed by atoms with Crippen LogP contribution in [0.2, 0.25) is 4.94 Å². The normalized spacial score (nSPS) is 12.0. The SMILES string of the molecule is CC[O][Sn]([CH3])([Cl])[O]CC. The summed E-state index contributed by atoms with van der Waals surface area (Å²) in [5, 5.41) is 0. The van der Waals surface area contributed by atoms with E-state index in [1.165, 1.54) is 0 Å². The molecule has 0 aromatic heterocycles. The van der Waals surface area contributed by atoms with Crippen LogP contribution in [0.15, 0.2) is 0 Å². The van der Waals surface area contributed by atoms with Gasteiger partial charge in [-0.1, -0.05) is 0 Å². The molecule has 0 aromatic rings. The van der Waals surface area contributed by atoms with Crippen LogP contribution in [0, 0.1) is 0 Å². The van der Waals surface area contributed by atoms with E-state index in [2.05, 4.69) is 0 Å². The van der Waals surface area contributed by atoms with E-state index in [9.17, 15) is 0 Å². The molecule has 0 N–H and O–H groups in total. The molecule has 0 unspecified atom stereocenters. The monoisotopic (exact) mass is 260 g/mol. The van der Waals surface area contributed by atoms with Crippen LogP contribution in [-0.2, 0) is 6.15 Å². The summed E-state index contributed by atoms with van der Waals surface area (Å²) < 4.78 is 10.4. The van der Waals surface area contributed by atoms with Crippen LogP contribution < -0.4 is 0 Å². The molecule has 9 heavy (non-hydrogen) atoms. The van der Waals surface area contributed by atoms with Gasteiger partial charge in [-0.25, -0.2) is 0 Å². The van der Waals surface area contributed by atoms with Crippen LogP contribution in [0.25, 0.3) is 0 Å². The van der Waals surface area contributed by atoms with E-state index in [0.29, 0.717) is 13.2 Å². The summed E-state index contributed by atoms with van der Waals surface area (Å²) >= 11 is -2.90. The summed E-state index contributed by atoms with van der Waals surface area (Å²) in [6.07, 6.45) is 0. The van der Waals surface area contributed by atoms with Crippen molar-refractivity contribution < 1.29 is 6.15 Å². The van der Waals surface area contributed by atoms with E-state index in [1.54, 1.807) is 0 Å². The Morgan fingerprint density at radius 1 is 1.22 bits per heavy atom. The van der Waals surface area contributed by atoms with E-state index in [1.807, 2.05) is 18.8 Å². The summed E-state index contributed by atoms with van der Waals surface area (Å²) in [5.41, 5.74) is 0. The van der Waals surface area contributed by atoms with Crippen molar-refractivity contribution in [1.29, 1.82) is 0 Å². The van der Waals surface area contributed by atoms with E-state index >= 15 is 0 Å². The molecule has 56 valence electrons. The summed E-state index contributed by atoms with van der Waals surface area (Å²) in [5.74, 6) is 0. The van der Waals surface area contributed by atoms with Gasteiger partial charge in [-0.15, -0.1) is 0 Å². The first-order valence-corrected chi connectivity index (χ1v) is 11.9. The zero-order valence-corrected chi connectivity index (χ0v) is 9.72. The van der Waals surface area contributed by atoms with Gasteiger partial charge < -0.3 is 0 Å². The Hall–Kier alpha value is 1.01. The van der Waals surface area contributed by atoms with Gasteiger partial charge in [0.15, 0.2) is 0 Å². The van der Waals surface area contributed by atoms with Crippen LogP contribution in [0.5, 0.6) is 0 Å². The molecule has 0 amide bonds. The number of hydrogen-bond donors (Lipinski definition) is 0. The van der Waals surface area contributed by atoms with Gasteiger partial charge in [-0.3, -0.25) is 0 Å². The third-order valence-electron chi connectivity index (χ3n) is 0.804.